The fourth-order valence-electron chi connectivity index (χ4n) is 2.81. The Hall–Kier alpha value is -1.29. The van der Waals surface area contributed by atoms with E-state index in [1.54, 1.807) is 6.20 Å². The minimum atomic E-state index is 0.120. The number of carbonyl (C=O) groups is 1. The highest BCUT2D eigenvalue weighted by molar-refractivity contribution is 5.92. The third-order valence-electron chi connectivity index (χ3n) is 3.97. The Morgan fingerprint density at radius 2 is 2.17 bits per heavy atom. The number of nitrogens with one attached hydrogen (secondary N) is 1. The molecule has 0 spiro atoms. The second-order valence-corrected chi connectivity index (χ2v) is 5.73. The molecule has 0 aromatic carbocycles. The van der Waals surface area contributed by atoms with Crippen molar-refractivity contribution >= 4 is 5.91 Å². The summed E-state index contributed by atoms with van der Waals surface area (Å²) < 4.78 is 0. The summed E-state index contributed by atoms with van der Waals surface area (Å²) in [6.45, 7) is 6.17. The second-order valence-electron chi connectivity index (χ2n) is 5.73. The molecule has 100 valence electrons. The first-order valence-corrected chi connectivity index (χ1v) is 6.59. The molecule has 1 aliphatic heterocycles. The van der Waals surface area contributed by atoms with Crippen LogP contribution in [-0.2, 0) is 0 Å². The van der Waals surface area contributed by atoms with Gasteiger partial charge in [-0.2, -0.15) is 0 Å². The average Bonchev–Trinajstić information content (AvgIpc) is 2.97. The zero-order chi connectivity index (χ0) is 13.3. The van der Waals surface area contributed by atoms with Crippen LogP contribution in [0.3, 0.4) is 0 Å². The SMILES string of the molecule is CC(C)[C@@H]1CN(C(=O)c2ccc[nH]2)C[C@H]1N(C)C. The Morgan fingerprint density at radius 3 is 2.61 bits per heavy atom. The molecule has 1 saturated heterocycles. The molecule has 1 N–H and O–H groups in total. The van der Waals surface area contributed by atoms with Gasteiger partial charge in [-0.05, 0) is 38.1 Å². The van der Waals surface area contributed by atoms with E-state index in [0.29, 0.717) is 23.6 Å². The molecule has 1 amide bonds. The van der Waals surface area contributed by atoms with Gasteiger partial charge in [0.1, 0.15) is 5.69 Å². The van der Waals surface area contributed by atoms with Crippen LogP contribution in [0.1, 0.15) is 24.3 Å². The average molecular weight is 249 g/mol. The Bertz CT molecular complexity index is 381. The molecule has 2 atom stereocenters. The van der Waals surface area contributed by atoms with E-state index in [1.807, 2.05) is 17.0 Å². The van der Waals surface area contributed by atoms with Gasteiger partial charge in [0.05, 0.1) is 0 Å². The number of likely N-dealkylation sites (tertiary alicyclic amines) is 1. The Labute approximate surface area is 109 Å². The predicted molar refractivity (Wildman–Crippen MR) is 72.5 cm³/mol. The molecule has 1 aliphatic rings. The molecule has 0 aliphatic carbocycles. The molecule has 2 heterocycles. The van der Waals surface area contributed by atoms with Crippen LogP contribution in [0.2, 0.25) is 0 Å². The lowest BCUT2D eigenvalue weighted by molar-refractivity contribution is 0.0774. The molecule has 4 nitrogen and oxygen atoms in total. The third-order valence-corrected chi connectivity index (χ3v) is 3.97. The van der Waals surface area contributed by atoms with E-state index in [-0.39, 0.29) is 5.91 Å². The Kier molecular flexibility index (Phi) is 3.76. The maximum atomic E-state index is 12.3. The maximum Gasteiger partial charge on any atom is 0.270 e. The van der Waals surface area contributed by atoms with Crippen LogP contribution in [0.25, 0.3) is 0 Å². The van der Waals surface area contributed by atoms with Crippen LogP contribution in [-0.4, -0.2) is 53.9 Å². The standard InChI is InChI=1S/C14H23N3O/c1-10(2)11-8-17(9-13(11)16(3)4)14(18)12-6-5-7-15-12/h5-7,10-11,13,15H,8-9H2,1-4H3/t11-,13+/m0/s1. The minimum absolute atomic E-state index is 0.120. The monoisotopic (exact) mass is 249 g/mol. The quantitative estimate of drug-likeness (QED) is 0.885. The van der Waals surface area contributed by atoms with E-state index in [4.69, 9.17) is 0 Å². The van der Waals surface area contributed by atoms with E-state index >= 15 is 0 Å². The van der Waals surface area contributed by atoms with Crippen molar-refractivity contribution in [2.75, 3.05) is 27.2 Å². The van der Waals surface area contributed by atoms with Gasteiger partial charge in [0.2, 0.25) is 0 Å². The molecular formula is C14H23N3O. The van der Waals surface area contributed by atoms with Crippen LogP contribution in [0.4, 0.5) is 0 Å². The number of hydrogen-bond acceptors (Lipinski definition) is 2. The lowest BCUT2D eigenvalue weighted by atomic mass is 9.91. The third kappa shape index (κ3) is 2.43. The summed E-state index contributed by atoms with van der Waals surface area (Å²) in [6, 6.07) is 4.17. The van der Waals surface area contributed by atoms with Gasteiger partial charge in [0, 0.05) is 25.3 Å². The molecule has 2 rings (SSSR count). The Balaban J connectivity index is 2.11. The molecular weight excluding hydrogens is 226 g/mol. The summed E-state index contributed by atoms with van der Waals surface area (Å²) in [4.78, 5) is 19.5. The van der Waals surface area contributed by atoms with Crippen molar-refractivity contribution in [1.82, 2.24) is 14.8 Å². The van der Waals surface area contributed by atoms with Gasteiger partial charge in [-0.3, -0.25) is 4.79 Å². The summed E-state index contributed by atoms with van der Waals surface area (Å²) in [5.74, 6) is 1.27. The summed E-state index contributed by atoms with van der Waals surface area (Å²) in [7, 11) is 4.20. The van der Waals surface area contributed by atoms with Gasteiger partial charge < -0.3 is 14.8 Å². The van der Waals surface area contributed by atoms with Crippen LogP contribution >= 0.6 is 0 Å². The van der Waals surface area contributed by atoms with Gasteiger partial charge in [0.25, 0.3) is 5.91 Å². The van der Waals surface area contributed by atoms with E-state index in [0.717, 1.165) is 13.1 Å². The minimum Gasteiger partial charge on any atom is -0.357 e. The van der Waals surface area contributed by atoms with Crippen molar-refractivity contribution in [1.29, 1.82) is 0 Å². The molecule has 1 aromatic rings. The number of rotatable bonds is 3. The summed E-state index contributed by atoms with van der Waals surface area (Å²) in [5, 5.41) is 0. The molecule has 0 saturated carbocycles. The van der Waals surface area contributed by atoms with E-state index in [2.05, 4.69) is 37.8 Å². The van der Waals surface area contributed by atoms with Crippen molar-refractivity contribution in [3.05, 3.63) is 24.0 Å². The van der Waals surface area contributed by atoms with Crippen molar-refractivity contribution < 1.29 is 4.79 Å². The Morgan fingerprint density at radius 1 is 1.44 bits per heavy atom. The number of aromatic nitrogens is 1. The molecule has 4 heteroatoms. The molecule has 18 heavy (non-hydrogen) atoms. The molecule has 0 unspecified atom stereocenters. The van der Waals surface area contributed by atoms with Crippen molar-refractivity contribution in [2.45, 2.75) is 19.9 Å². The first-order valence-electron chi connectivity index (χ1n) is 6.59. The van der Waals surface area contributed by atoms with Crippen LogP contribution in [0, 0.1) is 11.8 Å². The second kappa shape index (κ2) is 5.14. The largest absolute Gasteiger partial charge is 0.357 e. The van der Waals surface area contributed by atoms with Crippen molar-refractivity contribution in [3.8, 4) is 0 Å². The molecule has 0 radical (unpaired) electrons. The fourth-order valence-corrected chi connectivity index (χ4v) is 2.81. The number of carbonyl (C=O) groups excluding carboxylic acids is 1. The van der Waals surface area contributed by atoms with E-state index in [9.17, 15) is 4.79 Å². The lowest BCUT2D eigenvalue weighted by Gasteiger charge is -2.27. The van der Waals surface area contributed by atoms with Crippen molar-refractivity contribution in [2.24, 2.45) is 11.8 Å². The van der Waals surface area contributed by atoms with Gasteiger partial charge in [0.15, 0.2) is 0 Å². The number of nitrogens with zero attached hydrogens (tertiary/aromatic N) is 2. The number of aromatic amines is 1. The van der Waals surface area contributed by atoms with Crippen LogP contribution in [0.5, 0.6) is 0 Å². The molecule has 1 aromatic heterocycles. The van der Waals surface area contributed by atoms with Gasteiger partial charge >= 0.3 is 0 Å². The highest BCUT2D eigenvalue weighted by Crippen LogP contribution is 2.27. The molecule has 1 fully saturated rings. The number of amides is 1. The number of H-pyrrole nitrogens is 1. The topological polar surface area (TPSA) is 39.3 Å². The van der Waals surface area contributed by atoms with Crippen LogP contribution in [0.15, 0.2) is 18.3 Å². The first-order chi connectivity index (χ1) is 8.50. The van der Waals surface area contributed by atoms with Gasteiger partial charge in [-0.1, -0.05) is 13.8 Å². The zero-order valence-corrected chi connectivity index (χ0v) is 11.7. The fraction of sp³-hybridized carbons (Fsp3) is 0.643. The normalized spacial score (nSPS) is 24.2. The van der Waals surface area contributed by atoms with Gasteiger partial charge in [-0.15, -0.1) is 0 Å². The summed E-state index contributed by atoms with van der Waals surface area (Å²) in [6.07, 6.45) is 1.80. The highest BCUT2D eigenvalue weighted by atomic mass is 16.2. The molecule has 0 bridgehead atoms. The van der Waals surface area contributed by atoms with E-state index in [1.165, 1.54) is 0 Å². The van der Waals surface area contributed by atoms with Gasteiger partial charge in [-0.25, -0.2) is 0 Å². The van der Waals surface area contributed by atoms with Crippen molar-refractivity contribution in [3.63, 3.8) is 0 Å². The lowest BCUT2D eigenvalue weighted by Crippen LogP contribution is -2.37. The maximum absolute atomic E-state index is 12.3. The van der Waals surface area contributed by atoms with E-state index < -0.39 is 0 Å². The number of hydrogen-bond donors (Lipinski definition) is 1. The highest BCUT2D eigenvalue weighted by Gasteiger charge is 2.38. The first kappa shape index (κ1) is 13.1. The predicted octanol–water partition coefficient (Wildman–Crippen LogP) is 1.67. The summed E-state index contributed by atoms with van der Waals surface area (Å²) in [5.41, 5.74) is 0.692. The summed E-state index contributed by atoms with van der Waals surface area (Å²) >= 11 is 0. The number of likely N-dealkylation sites (N-methyl/N-ethyl adjacent to an activating group) is 1. The van der Waals surface area contributed by atoms with Crippen LogP contribution < -0.4 is 0 Å². The zero-order valence-electron chi connectivity index (χ0n) is 11.7. The smallest absolute Gasteiger partial charge is 0.270 e.